The van der Waals surface area contributed by atoms with Gasteiger partial charge in [-0.15, -0.1) is 0 Å². The zero-order valence-electron chi connectivity index (χ0n) is 17.7. The van der Waals surface area contributed by atoms with Gasteiger partial charge in [0.15, 0.2) is 0 Å². The van der Waals surface area contributed by atoms with Crippen molar-refractivity contribution in [2.45, 2.75) is 65.0 Å². The Kier molecular flexibility index (Phi) is 8.08. The number of carbonyl (C=O) groups is 3. The van der Waals surface area contributed by atoms with Crippen LogP contribution in [0.5, 0.6) is 0 Å². The van der Waals surface area contributed by atoms with E-state index in [0.29, 0.717) is 42.9 Å². The topological polar surface area (TPSA) is 75.7 Å². The van der Waals surface area contributed by atoms with E-state index in [-0.39, 0.29) is 17.7 Å². The van der Waals surface area contributed by atoms with Crippen molar-refractivity contribution in [3.8, 4) is 0 Å². The minimum absolute atomic E-state index is 0.0573. The molecule has 1 N–H and O–H groups in total. The summed E-state index contributed by atoms with van der Waals surface area (Å²) in [6.07, 6.45) is 2.43. The van der Waals surface area contributed by atoms with Crippen LogP contribution in [0.2, 0.25) is 5.02 Å². The molecule has 1 fully saturated rings. The lowest BCUT2D eigenvalue weighted by Gasteiger charge is -2.32. The van der Waals surface area contributed by atoms with Gasteiger partial charge in [-0.2, -0.15) is 0 Å². The smallest absolute Gasteiger partial charge is 0.329 e. The van der Waals surface area contributed by atoms with Crippen LogP contribution >= 0.6 is 11.6 Å². The van der Waals surface area contributed by atoms with Crippen LogP contribution in [0.3, 0.4) is 0 Å². The number of likely N-dealkylation sites (tertiary alicyclic amines) is 1. The van der Waals surface area contributed by atoms with Crippen molar-refractivity contribution in [3.05, 3.63) is 34.9 Å². The summed E-state index contributed by atoms with van der Waals surface area (Å²) in [6.45, 7) is 8.40. The zero-order chi connectivity index (χ0) is 21.6. The van der Waals surface area contributed by atoms with Crippen molar-refractivity contribution in [2.75, 3.05) is 13.1 Å². The molecule has 2 amide bonds. The lowest BCUT2D eigenvalue weighted by molar-refractivity contribution is -0.159. The number of nitrogens with zero attached hydrogens (tertiary/aromatic N) is 1. The van der Waals surface area contributed by atoms with E-state index >= 15 is 0 Å². The zero-order valence-corrected chi connectivity index (χ0v) is 18.4. The van der Waals surface area contributed by atoms with E-state index in [9.17, 15) is 14.4 Å². The number of hydrogen-bond acceptors (Lipinski definition) is 4. The molecule has 29 heavy (non-hydrogen) atoms. The second-order valence-corrected chi connectivity index (χ2v) is 8.89. The summed E-state index contributed by atoms with van der Waals surface area (Å²) in [5.41, 5.74) is -0.00788. The van der Waals surface area contributed by atoms with Crippen LogP contribution in [-0.4, -0.2) is 47.4 Å². The van der Waals surface area contributed by atoms with E-state index < -0.39 is 17.6 Å². The van der Waals surface area contributed by atoms with Gasteiger partial charge in [0, 0.05) is 29.6 Å². The number of benzene rings is 1. The van der Waals surface area contributed by atoms with E-state index in [1.165, 1.54) is 0 Å². The first kappa shape index (κ1) is 23.2. The molecule has 1 atom stereocenters. The normalized spacial score (nSPS) is 16.2. The summed E-state index contributed by atoms with van der Waals surface area (Å²) in [7, 11) is 0. The van der Waals surface area contributed by atoms with E-state index in [1.807, 2.05) is 27.7 Å². The van der Waals surface area contributed by atoms with Crippen molar-refractivity contribution >= 4 is 29.4 Å². The number of amides is 2. The van der Waals surface area contributed by atoms with Crippen LogP contribution in [0.25, 0.3) is 0 Å². The molecule has 6 nitrogen and oxygen atoms in total. The molecule has 0 bridgehead atoms. The molecule has 1 aromatic rings. The van der Waals surface area contributed by atoms with Crippen LogP contribution in [0.15, 0.2) is 24.3 Å². The van der Waals surface area contributed by atoms with E-state index in [4.69, 9.17) is 16.3 Å². The monoisotopic (exact) mass is 422 g/mol. The Labute approximate surface area is 177 Å². The van der Waals surface area contributed by atoms with Gasteiger partial charge >= 0.3 is 5.97 Å². The maximum absolute atomic E-state index is 12.7. The molecule has 7 heteroatoms. The van der Waals surface area contributed by atoms with Gasteiger partial charge < -0.3 is 15.0 Å². The maximum Gasteiger partial charge on any atom is 0.329 e. The highest BCUT2D eigenvalue weighted by Gasteiger charge is 2.31. The highest BCUT2D eigenvalue weighted by molar-refractivity contribution is 6.30. The fourth-order valence-corrected chi connectivity index (χ4v) is 3.45. The molecule has 0 radical (unpaired) electrons. The molecule has 2 rings (SSSR count). The average Bonchev–Trinajstić information content (AvgIpc) is 2.66. The van der Waals surface area contributed by atoms with Gasteiger partial charge in [-0.05, 0) is 64.3 Å². The summed E-state index contributed by atoms with van der Waals surface area (Å²) in [5.74, 6) is -0.819. The van der Waals surface area contributed by atoms with Crippen LogP contribution in [-0.2, 0) is 14.3 Å². The molecule has 0 spiro atoms. The maximum atomic E-state index is 12.7. The molecule has 1 saturated heterocycles. The lowest BCUT2D eigenvalue weighted by Crippen LogP contribution is -2.48. The number of rotatable bonds is 6. The predicted molar refractivity (Wildman–Crippen MR) is 113 cm³/mol. The Hall–Kier alpha value is -2.08. The number of esters is 1. The highest BCUT2D eigenvalue weighted by Crippen LogP contribution is 2.21. The molecule has 1 aliphatic heterocycles. The number of hydrogen-bond donors (Lipinski definition) is 1. The third-order valence-corrected chi connectivity index (χ3v) is 5.08. The van der Waals surface area contributed by atoms with Crippen molar-refractivity contribution in [2.24, 2.45) is 5.92 Å². The fourth-order valence-electron chi connectivity index (χ4n) is 3.32. The molecule has 1 aromatic carbocycles. The molecular formula is C22H31ClN2O4. The Balaban J connectivity index is 1.90. The summed E-state index contributed by atoms with van der Waals surface area (Å²) >= 11 is 5.88. The average molecular weight is 423 g/mol. The van der Waals surface area contributed by atoms with Gasteiger partial charge in [-0.1, -0.05) is 24.9 Å². The highest BCUT2D eigenvalue weighted by atomic mass is 35.5. The third kappa shape index (κ3) is 7.03. The van der Waals surface area contributed by atoms with Crippen LogP contribution in [0.4, 0.5) is 0 Å². The number of carbonyl (C=O) groups excluding carboxylic acids is 3. The van der Waals surface area contributed by atoms with Gasteiger partial charge in [-0.3, -0.25) is 9.59 Å². The largest absolute Gasteiger partial charge is 0.458 e. The van der Waals surface area contributed by atoms with E-state index in [1.54, 1.807) is 29.2 Å². The second kappa shape index (κ2) is 10.1. The first-order chi connectivity index (χ1) is 13.6. The number of halogens is 1. The van der Waals surface area contributed by atoms with Gasteiger partial charge in [0.1, 0.15) is 11.6 Å². The van der Waals surface area contributed by atoms with Crippen LogP contribution < -0.4 is 5.32 Å². The summed E-state index contributed by atoms with van der Waals surface area (Å²) in [6, 6.07) is 6.17. The molecule has 1 aliphatic rings. The summed E-state index contributed by atoms with van der Waals surface area (Å²) in [4.78, 5) is 39.4. The number of ether oxygens (including phenoxy) is 1. The van der Waals surface area contributed by atoms with Gasteiger partial charge in [0.05, 0.1) is 0 Å². The summed E-state index contributed by atoms with van der Waals surface area (Å²) in [5, 5.41) is 3.45. The molecule has 0 aromatic heterocycles. The van der Waals surface area contributed by atoms with Crippen molar-refractivity contribution in [1.82, 2.24) is 10.2 Å². The molecule has 1 heterocycles. The quantitative estimate of drug-likeness (QED) is 0.707. The van der Waals surface area contributed by atoms with E-state index in [2.05, 4.69) is 5.32 Å². The number of nitrogens with one attached hydrogen (secondary N) is 1. The first-order valence-corrected chi connectivity index (χ1v) is 10.6. The fraction of sp³-hybridized carbons (Fsp3) is 0.591. The standard InChI is InChI=1S/C22H31ClN2O4/c1-5-6-18(21(28)29-22(2,3)4)24-19(26)15-11-13-25(14-12-15)20(27)16-7-9-17(23)10-8-16/h7-10,15,18H,5-6,11-14H2,1-4H3,(H,24,26)/t18-/m0/s1. The van der Waals surface area contributed by atoms with Crippen LogP contribution in [0, 0.1) is 5.92 Å². The predicted octanol–water partition coefficient (Wildman–Crippen LogP) is 3.82. The molecule has 0 unspecified atom stereocenters. The first-order valence-electron chi connectivity index (χ1n) is 10.2. The van der Waals surface area contributed by atoms with Crippen LogP contribution in [0.1, 0.15) is 63.7 Å². The lowest BCUT2D eigenvalue weighted by atomic mass is 9.94. The van der Waals surface area contributed by atoms with E-state index in [0.717, 1.165) is 6.42 Å². The van der Waals surface area contributed by atoms with Gasteiger partial charge in [0.2, 0.25) is 5.91 Å². The third-order valence-electron chi connectivity index (χ3n) is 4.83. The Morgan fingerprint density at radius 2 is 1.76 bits per heavy atom. The molecule has 0 saturated carbocycles. The number of piperidine rings is 1. The van der Waals surface area contributed by atoms with Crippen molar-refractivity contribution in [1.29, 1.82) is 0 Å². The van der Waals surface area contributed by atoms with Gasteiger partial charge in [-0.25, -0.2) is 4.79 Å². The van der Waals surface area contributed by atoms with Crippen molar-refractivity contribution in [3.63, 3.8) is 0 Å². The molecule has 160 valence electrons. The Bertz CT molecular complexity index is 719. The van der Waals surface area contributed by atoms with Gasteiger partial charge in [0.25, 0.3) is 5.91 Å². The molecule has 0 aliphatic carbocycles. The summed E-state index contributed by atoms with van der Waals surface area (Å²) < 4.78 is 5.43. The van der Waals surface area contributed by atoms with Crippen molar-refractivity contribution < 1.29 is 19.1 Å². The Morgan fingerprint density at radius 3 is 2.28 bits per heavy atom. The SMILES string of the molecule is CCC[C@H](NC(=O)C1CCN(C(=O)c2ccc(Cl)cc2)CC1)C(=O)OC(C)(C)C. The molecular weight excluding hydrogens is 392 g/mol. The Morgan fingerprint density at radius 1 is 1.17 bits per heavy atom. The second-order valence-electron chi connectivity index (χ2n) is 8.46. The minimum atomic E-state index is -0.638. The minimum Gasteiger partial charge on any atom is -0.458 e.